The highest BCUT2D eigenvalue weighted by atomic mass is 32.2. The fourth-order valence-corrected chi connectivity index (χ4v) is 3.30. The molecule has 2 rings (SSSR count). The molecule has 2 N–H and O–H groups in total. The van der Waals surface area contributed by atoms with E-state index in [0.29, 0.717) is 26.1 Å². The molecule has 0 aromatic heterocycles. The summed E-state index contributed by atoms with van der Waals surface area (Å²) in [4.78, 5) is 13.8. The first-order valence-electron chi connectivity index (χ1n) is 7.23. The number of alkyl halides is 3. The quantitative estimate of drug-likeness (QED) is 0.855. The van der Waals surface area contributed by atoms with E-state index in [0.717, 1.165) is 18.6 Å². The average Bonchev–Trinajstić information content (AvgIpc) is 2.87. The van der Waals surface area contributed by atoms with Crippen LogP contribution in [0.5, 0.6) is 0 Å². The molecular weight excluding hydrogens is 347 g/mol. The van der Waals surface area contributed by atoms with E-state index in [9.17, 15) is 26.4 Å². The van der Waals surface area contributed by atoms with E-state index in [1.165, 1.54) is 11.0 Å². The van der Waals surface area contributed by atoms with Gasteiger partial charge < -0.3 is 9.80 Å². The maximum Gasteiger partial charge on any atom is 0.417 e. The fourth-order valence-electron chi connectivity index (χ4n) is 2.57. The van der Waals surface area contributed by atoms with Gasteiger partial charge in [0.2, 0.25) is 15.9 Å². The van der Waals surface area contributed by atoms with Crippen molar-refractivity contribution in [3.05, 3.63) is 23.8 Å². The van der Waals surface area contributed by atoms with Crippen LogP contribution in [-0.4, -0.2) is 45.9 Å². The van der Waals surface area contributed by atoms with Crippen molar-refractivity contribution in [1.29, 1.82) is 0 Å². The van der Waals surface area contributed by atoms with Gasteiger partial charge in [-0.25, -0.2) is 13.6 Å². The highest BCUT2D eigenvalue weighted by Crippen LogP contribution is 2.36. The molecule has 1 saturated heterocycles. The van der Waals surface area contributed by atoms with Gasteiger partial charge in [0.25, 0.3) is 0 Å². The fraction of sp³-hybridized carbons (Fsp3) is 0.500. The van der Waals surface area contributed by atoms with Gasteiger partial charge in [0.05, 0.1) is 10.5 Å². The maximum atomic E-state index is 13.1. The standard InChI is InChI=1S/C14H18F3N3O3S/c1-19(7-8-20-6-2-3-13(20)21)10-4-5-12(24(18,22)23)11(9-10)14(15,16)17/h4-5,9H,2-3,6-8H2,1H3,(H2,18,22,23). The number of hydrogen-bond acceptors (Lipinski definition) is 4. The minimum atomic E-state index is -4.84. The molecule has 0 radical (unpaired) electrons. The Morgan fingerprint density at radius 2 is 2.00 bits per heavy atom. The molecule has 1 amide bonds. The average molecular weight is 365 g/mol. The van der Waals surface area contributed by atoms with Gasteiger partial charge in [0.15, 0.2) is 0 Å². The van der Waals surface area contributed by atoms with Gasteiger partial charge in [-0.2, -0.15) is 13.2 Å². The number of amides is 1. The molecule has 134 valence electrons. The van der Waals surface area contributed by atoms with E-state index in [1.807, 2.05) is 0 Å². The lowest BCUT2D eigenvalue weighted by Crippen LogP contribution is -2.34. The van der Waals surface area contributed by atoms with E-state index >= 15 is 0 Å². The Morgan fingerprint density at radius 3 is 2.50 bits per heavy atom. The Labute approximate surface area is 138 Å². The monoisotopic (exact) mass is 365 g/mol. The minimum absolute atomic E-state index is 0.0314. The lowest BCUT2D eigenvalue weighted by Gasteiger charge is -2.24. The first-order valence-corrected chi connectivity index (χ1v) is 8.78. The van der Waals surface area contributed by atoms with Crippen molar-refractivity contribution in [2.24, 2.45) is 5.14 Å². The lowest BCUT2D eigenvalue weighted by molar-refractivity contribution is -0.139. The Morgan fingerprint density at radius 1 is 1.33 bits per heavy atom. The second-order valence-electron chi connectivity index (χ2n) is 5.63. The smallest absolute Gasteiger partial charge is 0.373 e. The molecule has 0 spiro atoms. The number of anilines is 1. The van der Waals surface area contributed by atoms with E-state index in [4.69, 9.17) is 5.14 Å². The van der Waals surface area contributed by atoms with Gasteiger partial charge in [0, 0.05) is 38.8 Å². The van der Waals surface area contributed by atoms with Crippen molar-refractivity contribution in [3.63, 3.8) is 0 Å². The Hall–Kier alpha value is -1.81. The van der Waals surface area contributed by atoms with Crippen molar-refractivity contribution in [2.75, 3.05) is 31.6 Å². The molecule has 0 bridgehead atoms. The van der Waals surface area contributed by atoms with E-state index in [2.05, 4.69) is 0 Å². The van der Waals surface area contributed by atoms with Crippen LogP contribution in [0.3, 0.4) is 0 Å². The van der Waals surface area contributed by atoms with Crippen LogP contribution >= 0.6 is 0 Å². The molecular formula is C14H18F3N3O3S. The van der Waals surface area contributed by atoms with Crippen molar-refractivity contribution in [1.82, 2.24) is 4.90 Å². The van der Waals surface area contributed by atoms with Crippen molar-refractivity contribution in [2.45, 2.75) is 23.9 Å². The summed E-state index contributed by atoms with van der Waals surface area (Å²) in [6.07, 6.45) is -3.57. The number of likely N-dealkylation sites (tertiary alicyclic amines) is 1. The van der Waals surface area contributed by atoms with Gasteiger partial charge in [-0.1, -0.05) is 0 Å². The van der Waals surface area contributed by atoms with Crippen LogP contribution < -0.4 is 10.0 Å². The highest BCUT2D eigenvalue weighted by molar-refractivity contribution is 7.89. The lowest BCUT2D eigenvalue weighted by atomic mass is 10.2. The van der Waals surface area contributed by atoms with Gasteiger partial charge in [-0.05, 0) is 24.6 Å². The molecule has 0 saturated carbocycles. The number of hydrogen-bond donors (Lipinski definition) is 1. The van der Waals surface area contributed by atoms with Crippen LogP contribution in [0.4, 0.5) is 18.9 Å². The molecule has 1 aliphatic heterocycles. The predicted molar refractivity (Wildman–Crippen MR) is 81.9 cm³/mol. The number of carbonyl (C=O) groups excluding carboxylic acids is 1. The number of sulfonamides is 1. The Balaban J connectivity index is 2.22. The number of rotatable bonds is 5. The molecule has 1 aliphatic rings. The summed E-state index contributed by atoms with van der Waals surface area (Å²) < 4.78 is 62.0. The zero-order valence-corrected chi connectivity index (χ0v) is 13.8. The summed E-state index contributed by atoms with van der Waals surface area (Å²) in [6.45, 7) is 1.37. The van der Waals surface area contributed by atoms with Crippen molar-refractivity contribution >= 4 is 21.6 Å². The third-order valence-corrected chi connectivity index (χ3v) is 4.86. The van der Waals surface area contributed by atoms with Crippen LogP contribution in [0.25, 0.3) is 0 Å². The first-order chi connectivity index (χ1) is 11.0. The highest BCUT2D eigenvalue weighted by Gasteiger charge is 2.37. The van der Waals surface area contributed by atoms with Crippen LogP contribution in [0, 0.1) is 0 Å². The van der Waals surface area contributed by atoms with Crippen LogP contribution in [-0.2, 0) is 21.0 Å². The largest absolute Gasteiger partial charge is 0.417 e. The van der Waals surface area contributed by atoms with Crippen molar-refractivity contribution < 1.29 is 26.4 Å². The maximum absolute atomic E-state index is 13.1. The molecule has 10 heteroatoms. The molecule has 6 nitrogen and oxygen atoms in total. The van der Waals surface area contributed by atoms with E-state index < -0.39 is 26.7 Å². The Bertz CT molecular complexity index is 735. The molecule has 0 aliphatic carbocycles. The summed E-state index contributed by atoms with van der Waals surface area (Å²) in [7, 11) is -2.91. The molecule has 0 unspecified atom stereocenters. The summed E-state index contributed by atoms with van der Waals surface area (Å²) >= 11 is 0. The topological polar surface area (TPSA) is 83.7 Å². The number of benzene rings is 1. The molecule has 1 aromatic carbocycles. The number of primary sulfonamides is 1. The number of likely N-dealkylation sites (N-methyl/N-ethyl adjacent to an activating group) is 1. The summed E-state index contributed by atoms with van der Waals surface area (Å²) in [5.74, 6) is 0.0314. The third kappa shape index (κ3) is 4.18. The minimum Gasteiger partial charge on any atom is -0.373 e. The first kappa shape index (κ1) is 18.5. The molecule has 0 atom stereocenters. The number of halogens is 3. The van der Waals surface area contributed by atoms with E-state index in [-0.39, 0.29) is 11.6 Å². The normalized spacial score (nSPS) is 15.9. The number of nitrogens with zero attached hydrogens (tertiary/aromatic N) is 2. The second-order valence-corrected chi connectivity index (χ2v) is 7.16. The molecule has 1 fully saturated rings. The zero-order chi connectivity index (χ0) is 18.1. The molecule has 1 aromatic rings. The van der Waals surface area contributed by atoms with E-state index in [1.54, 1.807) is 11.9 Å². The summed E-state index contributed by atoms with van der Waals surface area (Å²) in [6, 6.07) is 2.87. The number of carbonyl (C=O) groups is 1. The van der Waals surface area contributed by atoms with Gasteiger partial charge in [0.1, 0.15) is 0 Å². The second kappa shape index (κ2) is 6.60. The van der Waals surface area contributed by atoms with Crippen LogP contribution in [0.2, 0.25) is 0 Å². The van der Waals surface area contributed by atoms with Crippen LogP contribution in [0.15, 0.2) is 23.1 Å². The zero-order valence-electron chi connectivity index (χ0n) is 13.0. The van der Waals surface area contributed by atoms with Gasteiger partial charge >= 0.3 is 6.18 Å². The van der Waals surface area contributed by atoms with Gasteiger partial charge in [-0.15, -0.1) is 0 Å². The van der Waals surface area contributed by atoms with Crippen molar-refractivity contribution in [3.8, 4) is 0 Å². The third-order valence-electron chi connectivity index (χ3n) is 3.89. The summed E-state index contributed by atoms with van der Waals surface area (Å²) in [5, 5.41) is 4.85. The molecule has 1 heterocycles. The Kier molecular flexibility index (Phi) is 5.09. The summed E-state index contributed by atoms with van der Waals surface area (Å²) in [5.41, 5.74) is -1.10. The van der Waals surface area contributed by atoms with Gasteiger partial charge in [-0.3, -0.25) is 4.79 Å². The molecule has 24 heavy (non-hydrogen) atoms. The predicted octanol–water partition coefficient (Wildman–Crippen LogP) is 1.41. The number of nitrogens with two attached hydrogens (primary N) is 1. The van der Waals surface area contributed by atoms with Crippen LogP contribution in [0.1, 0.15) is 18.4 Å². The SMILES string of the molecule is CN(CCN1CCCC1=O)c1ccc(S(N)(=O)=O)c(C(F)(F)F)c1.